The average Bonchev–Trinajstić information content (AvgIpc) is 2.73. The highest BCUT2D eigenvalue weighted by Crippen LogP contribution is 2.29. The molecule has 2 aliphatic rings. The van der Waals surface area contributed by atoms with Gasteiger partial charge in [-0.05, 0) is 44.1 Å². The summed E-state index contributed by atoms with van der Waals surface area (Å²) >= 11 is 0. The molecule has 3 rings (SSSR count). The molecular formula is C14H19FN2O. The number of fused-ring (bicyclic) bond motifs is 1. The van der Waals surface area contributed by atoms with E-state index >= 15 is 0 Å². The summed E-state index contributed by atoms with van der Waals surface area (Å²) in [6.45, 7) is 3.01. The van der Waals surface area contributed by atoms with Crippen LogP contribution in [0.1, 0.15) is 18.4 Å². The Balaban J connectivity index is 1.58. The van der Waals surface area contributed by atoms with Crippen molar-refractivity contribution in [3.8, 4) is 5.75 Å². The van der Waals surface area contributed by atoms with Gasteiger partial charge in [0.2, 0.25) is 0 Å². The standard InChI is InChI=1S/C14H19FN2O/c15-11-1-2-14-10(7-11)8-13(18-14)9-17-5-3-12(16)4-6-17/h1-2,7,12-13H,3-6,8-9,16H2. The van der Waals surface area contributed by atoms with Crippen molar-refractivity contribution in [3.63, 3.8) is 0 Å². The summed E-state index contributed by atoms with van der Waals surface area (Å²) in [5.74, 6) is 0.664. The van der Waals surface area contributed by atoms with E-state index in [2.05, 4.69) is 4.90 Å². The highest BCUT2D eigenvalue weighted by atomic mass is 19.1. The van der Waals surface area contributed by atoms with Gasteiger partial charge in [0, 0.05) is 24.6 Å². The van der Waals surface area contributed by atoms with Gasteiger partial charge in [-0.25, -0.2) is 4.39 Å². The number of ether oxygens (including phenoxy) is 1. The van der Waals surface area contributed by atoms with Crippen LogP contribution in [0.3, 0.4) is 0 Å². The van der Waals surface area contributed by atoms with Crippen LogP contribution >= 0.6 is 0 Å². The minimum Gasteiger partial charge on any atom is -0.488 e. The predicted molar refractivity (Wildman–Crippen MR) is 68.2 cm³/mol. The van der Waals surface area contributed by atoms with Gasteiger partial charge in [0.15, 0.2) is 0 Å². The van der Waals surface area contributed by atoms with Crippen molar-refractivity contribution in [2.75, 3.05) is 19.6 Å². The Bertz CT molecular complexity index is 430. The summed E-state index contributed by atoms with van der Waals surface area (Å²) in [6, 6.07) is 5.14. The van der Waals surface area contributed by atoms with Crippen molar-refractivity contribution >= 4 is 0 Å². The minimum atomic E-state index is -0.179. The van der Waals surface area contributed by atoms with Crippen molar-refractivity contribution in [2.24, 2.45) is 5.73 Å². The molecule has 98 valence electrons. The van der Waals surface area contributed by atoms with E-state index in [1.54, 1.807) is 12.1 Å². The third-order valence-corrected chi connectivity index (χ3v) is 3.86. The molecule has 1 unspecified atom stereocenters. The molecule has 0 aromatic heterocycles. The first-order valence-electron chi connectivity index (χ1n) is 6.64. The molecule has 1 atom stereocenters. The lowest BCUT2D eigenvalue weighted by atomic mass is 10.0. The lowest BCUT2D eigenvalue weighted by Crippen LogP contribution is -2.43. The Hall–Kier alpha value is -1.13. The van der Waals surface area contributed by atoms with Crippen LogP contribution in [0.25, 0.3) is 0 Å². The average molecular weight is 250 g/mol. The van der Waals surface area contributed by atoms with E-state index in [0.29, 0.717) is 6.04 Å². The van der Waals surface area contributed by atoms with Gasteiger partial charge >= 0.3 is 0 Å². The Kier molecular flexibility index (Phi) is 3.22. The van der Waals surface area contributed by atoms with Crippen molar-refractivity contribution in [3.05, 3.63) is 29.6 Å². The molecule has 4 heteroatoms. The number of hydrogen-bond donors (Lipinski definition) is 1. The molecule has 1 saturated heterocycles. The van der Waals surface area contributed by atoms with Gasteiger partial charge in [-0.3, -0.25) is 4.90 Å². The fourth-order valence-electron chi connectivity index (χ4n) is 2.81. The van der Waals surface area contributed by atoms with Gasteiger partial charge in [0.25, 0.3) is 0 Å². The van der Waals surface area contributed by atoms with E-state index in [0.717, 1.165) is 50.2 Å². The highest BCUT2D eigenvalue weighted by Gasteiger charge is 2.26. The second-order valence-electron chi connectivity index (χ2n) is 5.33. The van der Waals surface area contributed by atoms with Gasteiger partial charge in [-0.2, -0.15) is 0 Å². The molecule has 0 spiro atoms. The van der Waals surface area contributed by atoms with E-state index in [4.69, 9.17) is 10.5 Å². The zero-order valence-electron chi connectivity index (χ0n) is 10.4. The first-order chi connectivity index (χ1) is 8.70. The summed E-state index contributed by atoms with van der Waals surface area (Å²) in [5.41, 5.74) is 6.89. The van der Waals surface area contributed by atoms with Gasteiger partial charge in [0.05, 0.1) is 0 Å². The Labute approximate surface area is 107 Å². The summed E-state index contributed by atoms with van der Waals surface area (Å²) < 4.78 is 19.0. The summed E-state index contributed by atoms with van der Waals surface area (Å²) in [6.07, 6.45) is 3.11. The molecule has 0 bridgehead atoms. The van der Waals surface area contributed by atoms with Crippen LogP contribution in [0, 0.1) is 5.82 Å². The van der Waals surface area contributed by atoms with Crippen molar-refractivity contribution in [2.45, 2.75) is 31.4 Å². The van der Waals surface area contributed by atoms with Gasteiger partial charge < -0.3 is 10.5 Å². The maximum Gasteiger partial charge on any atom is 0.123 e. The number of piperidine rings is 1. The summed E-state index contributed by atoms with van der Waals surface area (Å²) in [7, 11) is 0. The molecular weight excluding hydrogens is 231 g/mol. The fraction of sp³-hybridized carbons (Fsp3) is 0.571. The molecule has 1 aromatic rings. The normalized spacial score (nSPS) is 24.9. The predicted octanol–water partition coefficient (Wildman–Crippen LogP) is 1.55. The van der Waals surface area contributed by atoms with Crippen LogP contribution in [0.15, 0.2) is 18.2 Å². The first kappa shape index (κ1) is 11.9. The van der Waals surface area contributed by atoms with Crippen LogP contribution in [-0.4, -0.2) is 36.7 Å². The van der Waals surface area contributed by atoms with Gasteiger partial charge in [-0.1, -0.05) is 0 Å². The number of nitrogens with two attached hydrogens (primary N) is 1. The molecule has 2 aliphatic heterocycles. The molecule has 2 N–H and O–H groups in total. The molecule has 0 radical (unpaired) electrons. The topological polar surface area (TPSA) is 38.5 Å². The Morgan fingerprint density at radius 3 is 2.89 bits per heavy atom. The van der Waals surface area contributed by atoms with Crippen molar-refractivity contribution in [1.29, 1.82) is 0 Å². The third-order valence-electron chi connectivity index (χ3n) is 3.86. The molecule has 1 aromatic carbocycles. The van der Waals surface area contributed by atoms with Crippen LogP contribution in [0.5, 0.6) is 5.75 Å². The molecule has 0 aliphatic carbocycles. The van der Waals surface area contributed by atoms with Crippen LogP contribution < -0.4 is 10.5 Å². The summed E-state index contributed by atoms with van der Waals surface area (Å²) in [5, 5.41) is 0. The Morgan fingerprint density at radius 2 is 2.11 bits per heavy atom. The zero-order chi connectivity index (χ0) is 12.5. The maximum atomic E-state index is 13.1. The van der Waals surface area contributed by atoms with Crippen LogP contribution in [0.2, 0.25) is 0 Å². The molecule has 1 fully saturated rings. The van der Waals surface area contributed by atoms with E-state index < -0.39 is 0 Å². The van der Waals surface area contributed by atoms with E-state index in [1.807, 2.05) is 0 Å². The maximum absolute atomic E-state index is 13.1. The zero-order valence-corrected chi connectivity index (χ0v) is 10.4. The number of nitrogens with zero attached hydrogens (tertiary/aromatic N) is 1. The SMILES string of the molecule is NC1CCN(CC2Cc3cc(F)ccc3O2)CC1. The summed E-state index contributed by atoms with van der Waals surface area (Å²) in [4.78, 5) is 2.40. The molecule has 0 amide bonds. The Morgan fingerprint density at radius 1 is 1.33 bits per heavy atom. The second-order valence-corrected chi connectivity index (χ2v) is 5.33. The molecule has 18 heavy (non-hydrogen) atoms. The molecule has 2 heterocycles. The number of halogens is 1. The van der Waals surface area contributed by atoms with Gasteiger partial charge in [-0.15, -0.1) is 0 Å². The first-order valence-corrected chi connectivity index (χ1v) is 6.64. The van der Waals surface area contributed by atoms with Crippen LogP contribution in [-0.2, 0) is 6.42 Å². The van der Waals surface area contributed by atoms with E-state index in [9.17, 15) is 4.39 Å². The molecule has 0 saturated carbocycles. The number of hydrogen-bond acceptors (Lipinski definition) is 3. The minimum absolute atomic E-state index is 0.163. The lowest BCUT2D eigenvalue weighted by molar-refractivity contribution is 0.129. The van der Waals surface area contributed by atoms with E-state index in [1.165, 1.54) is 6.07 Å². The fourth-order valence-corrected chi connectivity index (χ4v) is 2.81. The monoisotopic (exact) mass is 250 g/mol. The smallest absolute Gasteiger partial charge is 0.123 e. The second kappa shape index (κ2) is 4.86. The number of benzene rings is 1. The van der Waals surface area contributed by atoms with E-state index in [-0.39, 0.29) is 11.9 Å². The highest BCUT2D eigenvalue weighted by molar-refractivity contribution is 5.37. The quantitative estimate of drug-likeness (QED) is 0.865. The number of likely N-dealkylation sites (tertiary alicyclic amines) is 1. The lowest BCUT2D eigenvalue weighted by Gasteiger charge is -2.31. The van der Waals surface area contributed by atoms with Crippen molar-refractivity contribution < 1.29 is 9.13 Å². The van der Waals surface area contributed by atoms with Crippen LogP contribution in [0.4, 0.5) is 4.39 Å². The van der Waals surface area contributed by atoms with Crippen molar-refractivity contribution in [1.82, 2.24) is 4.90 Å². The third kappa shape index (κ3) is 2.49. The van der Waals surface area contributed by atoms with Gasteiger partial charge in [0.1, 0.15) is 17.7 Å². The number of rotatable bonds is 2. The molecule has 3 nitrogen and oxygen atoms in total. The largest absolute Gasteiger partial charge is 0.488 e.